The summed E-state index contributed by atoms with van der Waals surface area (Å²) >= 11 is 5.52. The first-order valence-electron chi connectivity index (χ1n) is 4.59. The molecule has 0 amide bonds. The van der Waals surface area contributed by atoms with Crippen LogP contribution in [0.3, 0.4) is 0 Å². The lowest BCUT2D eigenvalue weighted by Crippen LogP contribution is -1.92. The second kappa shape index (κ2) is 6.14. The number of rotatable bonds is 5. The summed E-state index contributed by atoms with van der Waals surface area (Å²) in [6.07, 6.45) is 5.81. The van der Waals surface area contributed by atoms with E-state index >= 15 is 0 Å². The number of alkyl halides is 1. The van der Waals surface area contributed by atoms with Gasteiger partial charge >= 0.3 is 0 Å². The Hall–Kier alpha value is -1.41. The maximum absolute atomic E-state index is 10.8. The van der Waals surface area contributed by atoms with Crippen LogP contribution in [0.15, 0.2) is 24.3 Å². The number of allylic oxidation sites excluding steroid dienone is 1. The predicted octanol–water partition coefficient (Wildman–Crippen LogP) is 2.95. The highest BCUT2D eigenvalue weighted by molar-refractivity contribution is 6.17. The molecule has 0 saturated heterocycles. The Kier molecular flexibility index (Phi) is 4.78. The Morgan fingerprint density at radius 3 is 2.20 bits per heavy atom. The molecule has 0 aliphatic carbocycles. The van der Waals surface area contributed by atoms with Crippen molar-refractivity contribution in [3.8, 4) is 0 Å². The maximum atomic E-state index is 10.8. The summed E-state index contributed by atoms with van der Waals surface area (Å²) in [6.45, 7) is 0. The van der Waals surface area contributed by atoms with Gasteiger partial charge in [-0.1, -0.05) is 30.4 Å². The van der Waals surface area contributed by atoms with Gasteiger partial charge in [0.1, 0.15) is 0 Å². The Morgan fingerprint density at radius 1 is 1.13 bits per heavy atom. The molecule has 0 atom stereocenters. The first-order chi connectivity index (χ1) is 7.33. The topological polar surface area (TPSA) is 34.1 Å². The van der Waals surface area contributed by atoms with Crippen molar-refractivity contribution in [2.24, 2.45) is 0 Å². The lowest BCUT2D eigenvalue weighted by atomic mass is 10.0. The van der Waals surface area contributed by atoms with E-state index in [2.05, 4.69) is 0 Å². The number of carbonyl (C=O) groups is 2. The third kappa shape index (κ3) is 3.03. The van der Waals surface area contributed by atoms with Crippen molar-refractivity contribution in [3.05, 3.63) is 41.0 Å². The van der Waals surface area contributed by atoms with Gasteiger partial charge in [-0.2, -0.15) is 0 Å². The Balaban J connectivity index is 3.10. The summed E-state index contributed by atoms with van der Waals surface area (Å²) in [5.41, 5.74) is 1.70. The summed E-state index contributed by atoms with van der Waals surface area (Å²) in [5.74, 6) is 0.524. The zero-order valence-corrected chi connectivity index (χ0v) is 8.91. The van der Waals surface area contributed by atoms with E-state index in [9.17, 15) is 9.59 Å². The van der Waals surface area contributed by atoms with Crippen molar-refractivity contribution in [1.29, 1.82) is 0 Å². The van der Waals surface area contributed by atoms with Gasteiger partial charge < -0.3 is 0 Å². The summed E-state index contributed by atoms with van der Waals surface area (Å²) in [7, 11) is 0. The van der Waals surface area contributed by atoms with Gasteiger partial charge in [0.25, 0.3) is 0 Å². The van der Waals surface area contributed by atoms with E-state index in [0.29, 0.717) is 29.0 Å². The van der Waals surface area contributed by atoms with Crippen LogP contribution in [0, 0.1) is 0 Å². The quantitative estimate of drug-likeness (QED) is 0.567. The lowest BCUT2D eigenvalue weighted by molar-refractivity contribution is 0.112. The van der Waals surface area contributed by atoms with Crippen molar-refractivity contribution in [2.45, 2.75) is 6.42 Å². The molecule has 0 bridgehead atoms. The van der Waals surface area contributed by atoms with E-state index in [1.165, 1.54) is 0 Å². The van der Waals surface area contributed by atoms with Crippen LogP contribution in [0.2, 0.25) is 0 Å². The molecular formula is C12H11ClO2. The second-order valence-electron chi connectivity index (χ2n) is 2.97. The molecular weight excluding hydrogens is 212 g/mol. The summed E-state index contributed by atoms with van der Waals surface area (Å²) < 4.78 is 0. The summed E-state index contributed by atoms with van der Waals surface area (Å²) in [4.78, 5) is 21.5. The third-order valence-electron chi connectivity index (χ3n) is 1.99. The van der Waals surface area contributed by atoms with Crippen molar-refractivity contribution in [2.75, 3.05) is 5.88 Å². The molecule has 0 spiro atoms. The molecule has 0 heterocycles. The average molecular weight is 223 g/mol. The van der Waals surface area contributed by atoms with Gasteiger partial charge in [-0.05, 0) is 12.0 Å². The minimum Gasteiger partial charge on any atom is -0.298 e. The summed E-state index contributed by atoms with van der Waals surface area (Å²) in [5, 5.41) is 0. The van der Waals surface area contributed by atoms with Crippen molar-refractivity contribution < 1.29 is 9.59 Å². The zero-order chi connectivity index (χ0) is 11.1. The van der Waals surface area contributed by atoms with Crippen LogP contribution in [-0.4, -0.2) is 18.5 Å². The van der Waals surface area contributed by atoms with Crippen LogP contribution in [-0.2, 0) is 0 Å². The molecule has 3 heteroatoms. The van der Waals surface area contributed by atoms with Gasteiger partial charge in [0, 0.05) is 17.0 Å². The molecule has 0 saturated carbocycles. The number of hydrogen-bond donors (Lipinski definition) is 0. The van der Waals surface area contributed by atoms with Crippen LogP contribution in [0.5, 0.6) is 0 Å². The molecule has 0 radical (unpaired) electrons. The molecule has 0 fully saturated rings. The van der Waals surface area contributed by atoms with E-state index in [4.69, 9.17) is 11.6 Å². The van der Waals surface area contributed by atoms with E-state index < -0.39 is 0 Å². The van der Waals surface area contributed by atoms with Crippen LogP contribution < -0.4 is 0 Å². The number of carbonyl (C=O) groups excluding carboxylic acids is 2. The average Bonchev–Trinajstić information content (AvgIpc) is 2.29. The highest BCUT2D eigenvalue weighted by atomic mass is 35.5. The van der Waals surface area contributed by atoms with Crippen LogP contribution in [0.1, 0.15) is 32.7 Å². The Bertz CT molecular complexity index is 357. The first-order valence-corrected chi connectivity index (χ1v) is 5.12. The number of halogens is 1. The van der Waals surface area contributed by atoms with Gasteiger partial charge in [0.05, 0.1) is 0 Å². The molecule has 0 unspecified atom stereocenters. The van der Waals surface area contributed by atoms with Gasteiger partial charge in [-0.25, -0.2) is 0 Å². The Morgan fingerprint density at radius 2 is 1.73 bits per heavy atom. The molecule has 2 nitrogen and oxygen atoms in total. The van der Waals surface area contributed by atoms with E-state index in [1.807, 2.05) is 6.08 Å². The molecule has 0 aliphatic rings. The summed E-state index contributed by atoms with van der Waals surface area (Å²) in [6, 6.07) is 5.05. The first kappa shape index (κ1) is 11.7. The monoisotopic (exact) mass is 222 g/mol. The van der Waals surface area contributed by atoms with Crippen LogP contribution in [0.4, 0.5) is 0 Å². The zero-order valence-electron chi connectivity index (χ0n) is 8.15. The highest BCUT2D eigenvalue weighted by Gasteiger charge is 2.03. The minimum atomic E-state index is 0.519. The second-order valence-corrected chi connectivity index (χ2v) is 3.34. The molecule has 15 heavy (non-hydrogen) atoms. The van der Waals surface area contributed by atoms with E-state index in [0.717, 1.165) is 12.6 Å². The van der Waals surface area contributed by atoms with Crippen LogP contribution >= 0.6 is 11.6 Å². The predicted molar refractivity (Wildman–Crippen MR) is 61.6 cm³/mol. The van der Waals surface area contributed by atoms with Gasteiger partial charge in [0.15, 0.2) is 12.6 Å². The van der Waals surface area contributed by atoms with Crippen molar-refractivity contribution in [1.82, 2.24) is 0 Å². The van der Waals surface area contributed by atoms with Gasteiger partial charge in [-0.15, -0.1) is 11.6 Å². The minimum absolute atomic E-state index is 0.519. The lowest BCUT2D eigenvalue weighted by Gasteiger charge is -2.01. The molecule has 0 aromatic heterocycles. The molecule has 0 N–H and O–H groups in total. The SMILES string of the molecule is O=Cc1cccc(C=O)c1C=CCCCl. The molecule has 0 aliphatic heterocycles. The number of aldehydes is 2. The molecule has 1 rings (SSSR count). The number of hydrogen-bond acceptors (Lipinski definition) is 2. The fourth-order valence-corrected chi connectivity index (χ4v) is 1.39. The fourth-order valence-electron chi connectivity index (χ4n) is 1.26. The number of benzene rings is 1. The van der Waals surface area contributed by atoms with Crippen molar-refractivity contribution >= 4 is 30.2 Å². The van der Waals surface area contributed by atoms with E-state index in [1.54, 1.807) is 24.3 Å². The molecule has 1 aromatic carbocycles. The van der Waals surface area contributed by atoms with E-state index in [-0.39, 0.29) is 0 Å². The standard InChI is InChI=1S/C12H11ClO2/c13-7-2-1-6-12-10(8-14)4-3-5-11(12)9-15/h1,3-6,8-9H,2,7H2. The van der Waals surface area contributed by atoms with Gasteiger partial charge in [0.2, 0.25) is 0 Å². The van der Waals surface area contributed by atoms with Crippen LogP contribution in [0.25, 0.3) is 6.08 Å². The van der Waals surface area contributed by atoms with Gasteiger partial charge in [-0.3, -0.25) is 9.59 Å². The molecule has 78 valence electrons. The fraction of sp³-hybridized carbons (Fsp3) is 0.167. The highest BCUT2D eigenvalue weighted by Crippen LogP contribution is 2.14. The third-order valence-corrected chi connectivity index (χ3v) is 2.21. The normalized spacial score (nSPS) is 10.5. The smallest absolute Gasteiger partial charge is 0.150 e. The maximum Gasteiger partial charge on any atom is 0.150 e. The molecule has 1 aromatic rings. The van der Waals surface area contributed by atoms with Crippen molar-refractivity contribution in [3.63, 3.8) is 0 Å². The largest absolute Gasteiger partial charge is 0.298 e. The Labute approximate surface area is 93.6 Å².